The number of sulfonamides is 1. The molecule has 0 saturated heterocycles. The van der Waals surface area contributed by atoms with E-state index >= 15 is 0 Å². The van der Waals surface area contributed by atoms with Crippen molar-refractivity contribution < 1.29 is 22.7 Å². The first kappa shape index (κ1) is 21.9. The van der Waals surface area contributed by atoms with Gasteiger partial charge in [-0.3, -0.25) is 0 Å². The van der Waals surface area contributed by atoms with Crippen molar-refractivity contribution in [3.63, 3.8) is 0 Å². The molecule has 1 saturated carbocycles. The minimum atomic E-state index is -3.68. The van der Waals surface area contributed by atoms with Gasteiger partial charge >= 0.3 is 5.97 Å². The van der Waals surface area contributed by atoms with E-state index in [0.29, 0.717) is 23.7 Å². The van der Waals surface area contributed by atoms with Crippen LogP contribution in [-0.2, 0) is 26.0 Å². The quantitative estimate of drug-likeness (QED) is 0.653. The molecule has 2 unspecified atom stereocenters. The van der Waals surface area contributed by atoms with Gasteiger partial charge in [-0.25, -0.2) is 17.9 Å². The highest BCUT2D eigenvalue weighted by atomic mass is 35.5. The number of ether oxygens (including phenoxy) is 2. The smallest absolute Gasteiger partial charge is 0.347 e. The Bertz CT molecular complexity index is 765. The Balaban J connectivity index is 0.00000261. The standard InChI is InChI=1S/C18H26N2O5S.ClH/c1-2-24-18(21)17-10-13-9-14(7-8-16(13)25-17)26(22,23)20-15(11-19)12-5-3-4-6-12;/h7-9,12,15,17,20H,2-6,10-11,19H2,1H3;1H. The van der Waals surface area contributed by atoms with E-state index in [1.807, 2.05) is 0 Å². The molecule has 1 fully saturated rings. The summed E-state index contributed by atoms with van der Waals surface area (Å²) in [6.07, 6.45) is 3.84. The molecule has 0 spiro atoms. The van der Waals surface area contributed by atoms with Crippen molar-refractivity contribution in [1.82, 2.24) is 4.72 Å². The zero-order valence-electron chi connectivity index (χ0n) is 15.3. The van der Waals surface area contributed by atoms with Crippen molar-refractivity contribution in [3.8, 4) is 5.75 Å². The van der Waals surface area contributed by atoms with Gasteiger partial charge in [0.05, 0.1) is 11.5 Å². The number of benzene rings is 1. The lowest BCUT2D eigenvalue weighted by atomic mass is 9.99. The van der Waals surface area contributed by atoms with E-state index in [4.69, 9.17) is 15.2 Å². The topological polar surface area (TPSA) is 108 Å². The Morgan fingerprint density at radius 2 is 2.07 bits per heavy atom. The normalized spacial score (nSPS) is 20.4. The SMILES string of the molecule is CCOC(=O)C1Cc2cc(S(=O)(=O)NC(CN)C3CCCC3)ccc2O1.Cl. The third-order valence-corrected chi connectivity index (χ3v) is 6.58. The predicted molar refractivity (Wildman–Crippen MR) is 104 cm³/mol. The lowest BCUT2D eigenvalue weighted by molar-refractivity contribution is -0.150. The van der Waals surface area contributed by atoms with Gasteiger partial charge in [0.1, 0.15) is 5.75 Å². The van der Waals surface area contributed by atoms with Crippen LogP contribution in [0.3, 0.4) is 0 Å². The average molecular weight is 419 g/mol. The summed E-state index contributed by atoms with van der Waals surface area (Å²) in [5.41, 5.74) is 6.50. The van der Waals surface area contributed by atoms with Crippen molar-refractivity contribution >= 4 is 28.4 Å². The van der Waals surface area contributed by atoms with E-state index in [1.54, 1.807) is 19.1 Å². The van der Waals surface area contributed by atoms with Crippen LogP contribution in [0.5, 0.6) is 5.75 Å². The number of hydrogen-bond acceptors (Lipinski definition) is 6. The molecule has 1 aromatic carbocycles. The summed E-state index contributed by atoms with van der Waals surface area (Å²) in [6, 6.07) is 4.41. The third kappa shape index (κ3) is 4.93. The van der Waals surface area contributed by atoms with Gasteiger partial charge < -0.3 is 15.2 Å². The molecule has 0 amide bonds. The van der Waals surface area contributed by atoms with Crippen molar-refractivity contribution in [3.05, 3.63) is 23.8 Å². The molecule has 9 heteroatoms. The van der Waals surface area contributed by atoms with Gasteiger partial charge in [-0.1, -0.05) is 12.8 Å². The molecule has 152 valence electrons. The van der Waals surface area contributed by atoms with E-state index in [-0.39, 0.29) is 36.5 Å². The fraction of sp³-hybridized carbons (Fsp3) is 0.611. The molecule has 0 radical (unpaired) electrons. The Morgan fingerprint density at radius 1 is 1.37 bits per heavy atom. The van der Waals surface area contributed by atoms with E-state index in [2.05, 4.69) is 4.72 Å². The minimum absolute atomic E-state index is 0. The number of nitrogens with two attached hydrogens (primary N) is 1. The number of esters is 1. The number of nitrogens with one attached hydrogen (secondary N) is 1. The van der Waals surface area contributed by atoms with Crippen LogP contribution in [0.2, 0.25) is 0 Å². The molecule has 7 nitrogen and oxygen atoms in total. The number of fused-ring (bicyclic) bond motifs is 1. The van der Waals surface area contributed by atoms with Gasteiger partial charge in [0, 0.05) is 19.0 Å². The summed E-state index contributed by atoms with van der Waals surface area (Å²) < 4.78 is 38.8. The van der Waals surface area contributed by atoms with E-state index in [1.165, 1.54) is 6.07 Å². The Labute approximate surface area is 166 Å². The lowest BCUT2D eigenvalue weighted by Crippen LogP contribution is -2.44. The largest absolute Gasteiger partial charge is 0.478 e. The second-order valence-corrected chi connectivity index (χ2v) is 8.55. The molecule has 0 aromatic heterocycles. The molecular weight excluding hydrogens is 392 g/mol. The van der Waals surface area contributed by atoms with Gasteiger partial charge in [-0.2, -0.15) is 0 Å². The van der Waals surface area contributed by atoms with Crippen LogP contribution >= 0.6 is 12.4 Å². The Hall–Kier alpha value is -1.35. The summed E-state index contributed by atoms with van der Waals surface area (Å²) in [5, 5.41) is 0. The van der Waals surface area contributed by atoms with Crippen molar-refractivity contribution in [1.29, 1.82) is 0 Å². The van der Waals surface area contributed by atoms with Crippen LogP contribution in [-0.4, -0.2) is 39.7 Å². The highest BCUT2D eigenvalue weighted by molar-refractivity contribution is 7.89. The Morgan fingerprint density at radius 3 is 2.70 bits per heavy atom. The summed E-state index contributed by atoms with van der Waals surface area (Å²) in [5.74, 6) is 0.379. The molecule has 1 aromatic rings. The summed E-state index contributed by atoms with van der Waals surface area (Å²) >= 11 is 0. The highest BCUT2D eigenvalue weighted by Crippen LogP contribution is 2.32. The molecule has 27 heavy (non-hydrogen) atoms. The lowest BCUT2D eigenvalue weighted by Gasteiger charge is -2.23. The van der Waals surface area contributed by atoms with Gasteiger partial charge in [0.2, 0.25) is 10.0 Å². The maximum atomic E-state index is 12.8. The molecule has 1 aliphatic heterocycles. The third-order valence-electron chi connectivity index (χ3n) is 5.10. The van der Waals surface area contributed by atoms with E-state index in [9.17, 15) is 13.2 Å². The molecular formula is C18H27ClN2O5S. The van der Waals surface area contributed by atoms with Crippen LogP contribution in [0.25, 0.3) is 0 Å². The molecule has 1 aliphatic carbocycles. The first-order valence-electron chi connectivity index (χ1n) is 9.13. The molecule has 0 bridgehead atoms. The van der Waals surface area contributed by atoms with Crippen LogP contribution in [0.4, 0.5) is 0 Å². The van der Waals surface area contributed by atoms with Crippen LogP contribution in [0, 0.1) is 5.92 Å². The molecule has 3 N–H and O–H groups in total. The zero-order chi connectivity index (χ0) is 18.7. The summed E-state index contributed by atoms with van der Waals surface area (Å²) in [7, 11) is -3.68. The first-order chi connectivity index (χ1) is 12.4. The molecule has 3 rings (SSSR count). The number of halogens is 1. The second kappa shape index (κ2) is 9.23. The van der Waals surface area contributed by atoms with Gasteiger partial charge in [-0.15, -0.1) is 12.4 Å². The fourth-order valence-electron chi connectivity index (χ4n) is 3.72. The predicted octanol–water partition coefficient (Wildman–Crippen LogP) is 1.77. The van der Waals surface area contributed by atoms with Gasteiger partial charge in [0.25, 0.3) is 0 Å². The molecule has 1 heterocycles. The number of hydrogen-bond donors (Lipinski definition) is 2. The first-order valence-corrected chi connectivity index (χ1v) is 10.6. The molecule has 2 aliphatic rings. The maximum absolute atomic E-state index is 12.8. The monoisotopic (exact) mass is 418 g/mol. The number of carbonyl (C=O) groups excluding carboxylic acids is 1. The van der Waals surface area contributed by atoms with Crippen molar-refractivity contribution in [2.24, 2.45) is 11.7 Å². The summed E-state index contributed by atoms with van der Waals surface area (Å²) in [4.78, 5) is 12.0. The van der Waals surface area contributed by atoms with Gasteiger partial charge in [0.15, 0.2) is 6.10 Å². The van der Waals surface area contributed by atoms with Crippen LogP contribution in [0.15, 0.2) is 23.1 Å². The molecule has 2 atom stereocenters. The minimum Gasteiger partial charge on any atom is -0.478 e. The van der Waals surface area contributed by atoms with Crippen LogP contribution in [0.1, 0.15) is 38.2 Å². The zero-order valence-corrected chi connectivity index (χ0v) is 17.0. The number of carbonyl (C=O) groups is 1. The van der Waals surface area contributed by atoms with E-state index < -0.39 is 22.1 Å². The fourth-order valence-corrected chi connectivity index (χ4v) is 5.09. The highest BCUT2D eigenvalue weighted by Gasteiger charge is 2.33. The van der Waals surface area contributed by atoms with Crippen LogP contribution < -0.4 is 15.2 Å². The van der Waals surface area contributed by atoms with Crippen molar-refractivity contribution in [2.45, 2.75) is 56.1 Å². The number of rotatable bonds is 7. The Kier molecular flexibility index (Phi) is 7.50. The maximum Gasteiger partial charge on any atom is 0.347 e. The second-order valence-electron chi connectivity index (χ2n) is 6.84. The van der Waals surface area contributed by atoms with E-state index in [0.717, 1.165) is 25.7 Å². The van der Waals surface area contributed by atoms with Gasteiger partial charge in [-0.05, 0) is 49.4 Å². The average Bonchev–Trinajstić information content (AvgIpc) is 3.28. The van der Waals surface area contributed by atoms with Crippen molar-refractivity contribution in [2.75, 3.05) is 13.2 Å². The summed E-state index contributed by atoms with van der Waals surface area (Å²) in [6.45, 7) is 2.29.